The Morgan fingerprint density at radius 1 is 1.10 bits per heavy atom. The Bertz CT molecular complexity index is 1420. The topological polar surface area (TPSA) is 86.2 Å². The number of carbonyl (C=O) groups is 1. The van der Waals surface area contributed by atoms with E-state index in [1.807, 2.05) is 19.1 Å². The number of carbonyl (C=O) groups excluding carboxylic acids is 1. The van der Waals surface area contributed by atoms with Crippen molar-refractivity contribution >= 4 is 28.0 Å². The van der Waals surface area contributed by atoms with Crippen molar-refractivity contribution in [1.29, 1.82) is 0 Å². The third kappa shape index (κ3) is 3.36. The number of nitrogens with one attached hydrogen (secondary N) is 1. The van der Waals surface area contributed by atoms with E-state index in [1.54, 1.807) is 36.4 Å². The summed E-state index contributed by atoms with van der Waals surface area (Å²) < 4.78 is 8.30. The molecule has 1 fully saturated rings. The van der Waals surface area contributed by atoms with Gasteiger partial charge in [-0.2, -0.15) is 0 Å². The third-order valence-corrected chi connectivity index (χ3v) is 5.94. The number of furan rings is 1. The molecule has 4 aromatic rings. The van der Waals surface area contributed by atoms with Crippen LogP contribution >= 0.6 is 0 Å². The standard InChI is InChI=1S/C24H23N3O4/c1-15-7-6-10-17(13-15)27-23(29)22-21(18-11-4-5-12-19(18)31-22)26(24(27)30)14-20(28)25-16-8-2-3-9-16/h4-7,10-13,16H,2-3,8-9,14H2,1H3,(H,25,28). The maximum absolute atomic E-state index is 13.5. The van der Waals surface area contributed by atoms with Crippen LogP contribution in [0.15, 0.2) is 62.5 Å². The van der Waals surface area contributed by atoms with Crippen molar-refractivity contribution in [2.45, 2.75) is 45.2 Å². The quantitative estimate of drug-likeness (QED) is 0.552. The summed E-state index contributed by atoms with van der Waals surface area (Å²) in [5, 5.41) is 3.66. The highest BCUT2D eigenvalue weighted by Crippen LogP contribution is 2.26. The molecule has 1 N–H and O–H groups in total. The minimum absolute atomic E-state index is 0.0657. The fourth-order valence-electron chi connectivity index (χ4n) is 4.48. The molecule has 1 saturated carbocycles. The van der Waals surface area contributed by atoms with Crippen molar-refractivity contribution in [3.8, 4) is 5.69 Å². The van der Waals surface area contributed by atoms with Gasteiger partial charge in [-0.1, -0.05) is 37.1 Å². The number of hydrogen-bond acceptors (Lipinski definition) is 4. The number of amides is 1. The van der Waals surface area contributed by atoms with E-state index in [9.17, 15) is 14.4 Å². The molecule has 0 aliphatic heterocycles. The third-order valence-electron chi connectivity index (χ3n) is 5.94. The van der Waals surface area contributed by atoms with Gasteiger partial charge in [-0.15, -0.1) is 0 Å². The summed E-state index contributed by atoms with van der Waals surface area (Å²) in [5.74, 6) is -0.241. The lowest BCUT2D eigenvalue weighted by Crippen LogP contribution is -2.43. The van der Waals surface area contributed by atoms with Crippen molar-refractivity contribution in [3.63, 3.8) is 0 Å². The second kappa shape index (κ2) is 7.58. The SMILES string of the molecule is Cc1cccc(-n2c(=O)c3oc4ccccc4c3n(CC(=O)NC3CCCC3)c2=O)c1. The molecular weight excluding hydrogens is 394 g/mol. The van der Waals surface area contributed by atoms with E-state index in [0.717, 1.165) is 35.8 Å². The van der Waals surface area contributed by atoms with Crippen LogP contribution in [0.2, 0.25) is 0 Å². The van der Waals surface area contributed by atoms with Crippen LogP contribution in [0.5, 0.6) is 0 Å². The van der Waals surface area contributed by atoms with Gasteiger partial charge in [-0.3, -0.25) is 14.2 Å². The molecule has 0 radical (unpaired) electrons. The highest BCUT2D eigenvalue weighted by Gasteiger charge is 2.23. The zero-order chi connectivity index (χ0) is 21.5. The van der Waals surface area contributed by atoms with Gasteiger partial charge in [0.05, 0.1) is 5.69 Å². The van der Waals surface area contributed by atoms with E-state index in [-0.39, 0.29) is 24.1 Å². The minimum atomic E-state index is -0.559. The summed E-state index contributed by atoms with van der Waals surface area (Å²) in [6.45, 7) is 1.71. The van der Waals surface area contributed by atoms with E-state index in [2.05, 4.69) is 5.32 Å². The molecule has 2 aromatic carbocycles. The van der Waals surface area contributed by atoms with Gasteiger partial charge in [0, 0.05) is 11.4 Å². The molecule has 2 aromatic heterocycles. The van der Waals surface area contributed by atoms with Crippen LogP contribution in [0.1, 0.15) is 31.2 Å². The van der Waals surface area contributed by atoms with Gasteiger partial charge in [0.25, 0.3) is 0 Å². The number of nitrogens with zero attached hydrogens (tertiary/aromatic N) is 2. The van der Waals surface area contributed by atoms with Gasteiger partial charge < -0.3 is 9.73 Å². The Balaban J connectivity index is 1.74. The summed E-state index contributed by atoms with van der Waals surface area (Å²) in [6, 6.07) is 14.4. The zero-order valence-corrected chi connectivity index (χ0v) is 17.3. The zero-order valence-electron chi connectivity index (χ0n) is 17.3. The van der Waals surface area contributed by atoms with Gasteiger partial charge in [0.1, 0.15) is 17.6 Å². The molecule has 0 saturated heterocycles. The maximum Gasteiger partial charge on any atom is 0.336 e. The molecule has 2 heterocycles. The van der Waals surface area contributed by atoms with E-state index in [1.165, 1.54) is 4.57 Å². The highest BCUT2D eigenvalue weighted by molar-refractivity contribution is 6.02. The fraction of sp³-hybridized carbons (Fsp3) is 0.292. The van der Waals surface area contributed by atoms with E-state index in [4.69, 9.17) is 4.42 Å². The van der Waals surface area contributed by atoms with Gasteiger partial charge in [-0.25, -0.2) is 9.36 Å². The van der Waals surface area contributed by atoms with Crippen LogP contribution in [0, 0.1) is 6.92 Å². The van der Waals surface area contributed by atoms with Crippen molar-refractivity contribution in [1.82, 2.24) is 14.5 Å². The highest BCUT2D eigenvalue weighted by atomic mass is 16.3. The second-order valence-electron chi connectivity index (χ2n) is 8.17. The average Bonchev–Trinajstić information content (AvgIpc) is 3.39. The molecule has 0 bridgehead atoms. The number of para-hydroxylation sites is 1. The van der Waals surface area contributed by atoms with Gasteiger partial charge in [0.15, 0.2) is 0 Å². The molecule has 5 rings (SSSR count). The molecule has 7 heteroatoms. The Labute approximate surface area is 177 Å². The van der Waals surface area contributed by atoms with Crippen LogP contribution < -0.4 is 16.6 Å². The summed E-state index contributed by atoms with van der Waals surface area (Å²) in [6.07, 6.45) is 4.10. The lowest BCUT2D eigenvalue weighted by atomic mass is 10.2. The number of fused-ring (bicyclic) bond motifs is 3. The summed E-state index contributed by atoms with van der Waals surface area (Å²) >= 11 is 0. The van der Waals surface area contributed by atoms with Crippen LogP contribution in [-0.2, 0) is 11.3 Å². The molecule has 1 amide bonds. The number of benzene rings is 2. The van der Waals surface area contributed by atoms with E-state index >= 15 is 0 Å². The van der Waals surface area contributed by atoms with Crippen LogP contribution in [0.3, 0.4) is 0 Å². The molecule has 1 aliphatic rings. The van der Waals surface area contributed by atoms with E-state index < -0.39 is 11.2 Å². The fourth-order valence-corrected chi connectivity index (χ4v) is 4.48. The van der Waals surface area contributed by atoms with Crippen molar-refractivity contribution in [3.05, 3.63) is 74.9 Å². The van der Waals surface area contributed by atoms with Crippen molar-refractivity contribution < 1.29 is 9.21 Å². The number of rotatable bonds is 4. The molecule has 7 nitrogen and oxygen atoms in total. The monoisotopic (exact) mass is 417 g/mol. The van der Waals surface area contributed by atoms with Crippen LogP contribution in [-0.4, -0.2) is 21.1 Å². The molecule has 158 valence electrons. The summed E-state index contributed by atoms with van der Waals surface area (Å²) in [4.78, 5) is 39.7. The summed E-state index contributed by atoms with van der Waals surface area (Å²) in [7, 11) is 0. The largest absolute Gasteiger partial charge is 0.449 e. The minimum Gasteiger partial charge on any atom is -0.449 e. The molecular formula is C24H23N3O4. The lowest BCUT2D eigenvalue weighted by Gasteiger charge is -2.15. The number of hydrogen-bond donors (Lipinski definition) is 1. The number of aryl methyl sites for hydroxylation is 1. The summed E-state index contributed by atoms with van der Waals surface area (Å²) in [5.41, 5.74) is 1.19. The molecule has 0 unspecified atom stereocenters. The molecule has 1 aliphatic carbocycles. The first kappa shape index (κ1) is 19.4. The smallest absolute Gasteiger partial charge is 0.336 e. The number of aromatic nitrogens is 2. The Morgan fingerprint density at radius 3 is 2.65 bits per heavy atom. The van der Waals surface area contributed by atoms with Gasteiger partial charge in [-0.05, 0) is 49.6 Å². The molecule has 0 atom stereocenters. The first-order chi connectivity index (χ1) is 15.0. The Morgan fingerprint density at radius 2 is 1.87 bits per heavy atom. The second-order valence-corrected chi connectivity index (χ2v) is 8.17. The average molecular weight is 417 g/mol. The van der Waals surface area contributed by atoms with Gasteiger partial charge in [0.2, 0.25) is 11.5 Å². The Hall–Kier alpha value is -3.61. The first-order valence-electron chi connectivity index (χ1n) is 10.6. The molecule has 0 spiro atoms. The maximum atomic E-state index is 13.5. The lowest BCUT2D eigenvalue weighted by molar-refractivity contribution is -0.122. The van der Waals surface area contributed by atoms with Crippen LogP contribution in [0.25, 0.3) is 27.8 Å². The predicted octanol–water partition coefficient (Wildman–Crippen LogP) is 3.27. The van der Waals surface area contributed by atoms with Crippen molar-refractivity contribution in [2.75, 3.05) is 0 Å². The van der Waals surface area contributed by atoms with E-state index in [0.29, 0.717) is 22.2 Å². The predicted molar refractivity (Wildman–Crippen MR) is 119 cm³/mol. The molecule has 31 heavy (non-hydrogen) atoms. The van der Waals surface area contributed by atoms with Crippen molar-refractivity contribution in [2.24, 2.45) is 0 Å². The van der Waals surface area contributed by atoms with Gasteiger partial charge >= 0.3 is 11.2 Å². The Kier molecular flexibility index (Phi) is 4.73. The van der Waals surface area contributed by atoms with Crippen LogP contribution in [0.4, 0.5) is 0 Å². The first-order valence-corrected chi connectivity index (χ1v) is 10.6. The normalized spacial score (nSPS) is 14.5.